The number of nitrogens with one attached hydrogen (secondary N) is 2. The molecule has 5 nitrogen and oxygen atoms in total. The number of benzene rings is 1. The smallest absolute Gasteiger partial charge is 0.171 e. The van der Waals surface area contributed by atoms with E-state index in [2.05, 4.69) is 15.7 Å². The molecule has 0 aliphatic heterocycles. The molecule has 2 aromatic rings. The molecule has 0 atom stereocenters. The minimum Gasteiger partial charge on any atom is -0.357 e. The van der Waals surface area contributed by atoms with Crippen molar-refractivity contribution in [3.8, 4) is 0 Å². The van der Waals surface area contributed by atoms with Gasteiger partial charge in [-0.2, -0.15) is 5.10 Å². The van der Waals surface area contributed by atoms with Crippen LogP contribution in [0.3, 0.4) is 0 Å². The maximum atomic E-state index is 11.3. The van der Waals surface area contributed by atoms with E-state index in [9.17, 15) is 4.79 Å². The molecular weight excluding hydrogens is 284 g/mol. The van der Waals surface area contributed by atoms with Crippen molar-refractivity contribution >= 4 is 28.8 Å². The predicted octanol–water partition coefficient (Wildman–Crippen LogP) is 2.59. The Kier molecular flexibility index (Phi) is 5.05. The maximum Gasteiger partial charge on any atom is 0.171 e. The fourth-order valence-corrected chi connectivity index (χ4v) is 2.03. The van der Waals surface area contributed by atoms with Crippen LogP contribution in [0.2, 0.25) is 0 Å². The number of carbonyl (C=O) groups excluding carboxylic acids is 1. The normalized spacial score (nSPS) is 10.2. The van der Waals surface area contributed by atoms with Crippen LogP contribution in [0.25, 0.3) is 0 Å². The summed E-state index contributed by atoms with van der Waals surface area (Å²) in [5.41, 5.74) is 2.38. The van der Waals surface area contributed by atoms with Crippen molar-refractivity contribution in [2.75, 3.05) is 5.32 Å². The van der Waals surface area contributed by atoms with E-state index < -0.39 is 0 Å². The fourth-order valence-electron chi connectivity index (χ4n) is 1.84. The fraction of sp³-hybridized carbons (Fsp3) is 0.267. The van der Waals surface area contributed by atoms with Crippen LogP contribution in [-0.2, 0) is 13.1 Å². The molecule has 2 rings (SSSR count). The van der Waals surface area contributed by atoms with E-state index >= 15 is 0 Å². The molecule has 0 aliphatic carbocycles. The molecule has 6 heteroatoms. The summed E-state index contributed by atoms with van der Waals surface area (Å²) in [6.07, 6.45) is 1.93. The zero-order valence-corrected chi connectivity index (χ0v) is 12.9. The van der Waals surface area contributed by atoms with Crippen molar-refractivity contribution in [2.24, 2.45) is 0 Å². The molecule has 0 saturated heterocycles. The van der Waals surface area contributed by atoms with Gasteiger partial charge in [0, 0.05) is 24.0 Å². The van der Waals surface area contributed by atoms with Crippen molar-refractivity contribution in [1.82, 2.24) is 15.1 Å². The highest BCUT2D eigenvalue weighted by molar-refractivity contribution is 7.80. The van der Waals surface area contributed by atoms with Gasteiger partial charge in [-0.15, -0.1) is 0 Å². The molecule has 21 heavy (non-hydrogen) atoms. The van der Waals surface area contributed by atoms with Crippen LogP contribution in [-0.4, -0.2) is 20.7 Å². The second-order valence-electron chi connectivity index (χ2n) is 4.61. The molecule has 0 radical (unpaired) electrons. The first-order valence-corrected chi connectivity index (χ1v) is 7.17. The molecule has 1 aromatic heterocycles. The van der Waals surface area contributed by atoms with Crippen LogP contribution in [0.5, 0.6) is 0 Å². The number of rotatable bonds is 5. The van der Waals surface area contributed by atoms with Crippen molar-refractivity contribution in [3.63, 3.8) is 0 Å². The number of hydrogen-bond donors (Lipinski definition) is 2. The lowest BCUT2D eigenvalue weighted by molar-refractivity contribution is 0.101. The molecule has 0 unspecified atom stereocenters. The molecule has 2 N–H and O–H groups in total. The first-order chi connectivity index (χ1) is 10.1. The highest BCUT2D eigenvalue weighted by Crippen LogP contribution is 2.11. The van der Waals surface area contributed by atoms with Crippen LogP contribution in [0.1, 0.15) is 29.9 Å². The Labute approximate surface area is 129 Å². The molecular formula is C15H18N4OS. The summed E-state index contributed by atoms with van der Waals surface area (Å²) in [6.45, 7) is 4.99. The standard InChI is InChI=1S/C15H18N4OS/c1-3-19-8-7-14(18-19)10-16-15(21)17-13-6-4-5-12(9-13)11(2)20/h4-9H,3,10H2,1-2H3,(H2,16,17,21). The lowest BCUT2D eigenvalue weighted by Crippen LogP contribution is -2.28. The average molecular weight is 302 g/mol. The number of ketones is 1. The van der Waals surface area contributed by atoms with E-state index in [1.54, 1.807) is 19.1 Å². The molecule has 0 spiro atoms. The first kappa shape index (κ1) is 15.2. The zero-order chi connectivity index (χ0) is 15.2. The number of nitrogens with zero attached hydrogens (tertiary/aromatic N) is 2. The molecule has 110 valence electrons. The molecule has 0 fully saturated rings. The number of carbonyl (C=O) groups is 1. The highest BCUT2D eigenvalue weighted by atomic mass is 32.1. The van der Waals surface area contributed by atoms with Crippen LogP contribution in [0, 0.1) is 0 Å². The number of aryl methyl sites for hydroxylation is 1. The van der Waals surface area contributed by atoms with Gasteiger partial charge in [-0.1, -0.05) is 12.1 Å². The minimum absolute atomic E-state index is 0.0302. The van der Waals surface area contributed by atoms with Gasteiger partial charge in [-0.25, -0.2) is 0 Å². The molecule has 1 heterocycles. The van der Waals surface area contributed by atoms with Crippen LogP contribution in [0.4, 0.5) is 5.69 Å². The first-order valence-electron chi connectivity index (χ1n) is 6.76. The Balaban J connectivity index is 1.89. The lowest BCUT2D eigenvalue weighted by atomic mass is 10.1. The third-order valence-corrected chi connectivity index (χ3v) is 3.22. The lowest BCUT2D eigenvalue weighted by Gasteiger charge is -2.10. The predicted molar refractivity (Wildman–Crippen MR) is 87.4 cm³/mol. The Morgan fingerprint density at radius 3 is 2.86 bits per heavy atom. The number of Topliss-reactive ketones (excluding diaryl/α,β-unsaturated/α-hetero) is 1. The summed E-state index contributed by atoms with van der Waals surface area (Å²) < 4.78 is 1.86. The second kappa shape index (κ2) is 6.99. The van der Waals surface area contributed by atoms with Gasteiger partial charge in [-0.05, 0) is 44.3 Å². The minimum atomic E-state index is 0.0302. The molecule has 1 aromatic carbocycles. The Morgan fingerprint density at radius 1 is 1.38 bits per heavy atom. The Morgan fingerprint density at radius 2 is 2.19 bits per heavy atom. The van der Waals surface area contributed by atoms with Gasteiger partial charge in [0.05, 0.1) is 12.2 Å². The largest absolute Gasteiger partial charge is 0.357 e. The van der Waals surface area contributed by atoms with Gasteiger partial charge >= 0.3 is 0 Å². The number of hydrogen-bond acceptors (Lipinski definition) is 3. The van der Waals surface area contributed by atoms with E-state index in [0.29, 0.717) is 17.2 Å². The summed E-state index contributed by atoms with van der Waals surface area (Å²) in [5.74, 6) is 0.0302. The van der Waals surface area contributed by atoms with Crippen LogP contribution < -0.4 is 10.6 Å². The Bertz CT molecular complexity index is 651. The summed E-state index contributed by atoms with van der Waals surface area (Å²) in [7, 11) is 0. The summed E-state index contributed by atoms with van der Waals surface area (Å²) in [6, 6.07) is 9.20. The van der Waals surface area contributed by atoms with E-state index in [1.165, 1.54) is 0 Å². The van der Waals surface area contributed by atoms with Gasteiger partial charge in [0.15, 0.2) is 10.9 Å². The number of anilines is 1. The topological polar surface area (TPSA) is 59.0 Å². The van der Waals surface area contributed by atoms with Gasteiger partial charge in [-0.3, -0.25) is 9.48 Å². The monoisotopic (exact) mass is 302 g/mol. The van der Waals surface area contributed by atoms with Gasteiger partial charge in [0.25, 0.3) is 0 Å². The van der Waals surface area contributed by atoms with Gasteiger partial charge in [0.1, 0.15) is 0 Å². The molecule has 0 bridgehead atoms. The summed E-state index contributed by atoms with van der Waals surface area (Å²) >= 11 is 5.24. The SMILES string of the molecule is CCn1ccc(CNC(=S)Nc2cccc(C(C)=O)c2)n1. The average Bonchev–Trinajstić information content (AvgIpc) is 2.93. The Hall–Kier alpha value is -2.21. The van der Waals surface area contributed by atoms with Crippen LogP contribution >= 0.6 is 12.2 Å². The number of aromatic nitrogens is 2. The van der Waals surface area contributed by atoms with E-state index in [-0.39, 0.29) is 5.78 Å². The summed E-state index contributed by atoms with van der Waals surface area (Å²) in [4.78, 5) is 11.3. The summed E-state index contributed by atoms with van der Waals surface area (Å²) in [5, 5.41) is 11.0. The van der Waals surface area contributed by atoms with E-state index in [1.807, 2.05) is 36.0 Å². The van der Waals surface area contributed by atoms with Crippen LogP contribution in [0.15, 0.2) is 36.5 Å². The maximum absolute atomic E-state index is 11.3. The molecule has 0 saturated carbocycles. The van der Waals surface area contributed by atoms with Crippen molar-refractivity contribution in [1.29, 1.82) is 0 Å². The highest BCUT2D eigenvalue weighted by Gasteiger charge is 2.03. The van der Waals surface area contributed by atoms with Gasteiger partial charge < -0.3 is 10.6 Å². The van der Waals surface area contributed by atoms with Crippen molar-refractivity contribution < 1.29 is 4.79 Å². The van der Waals surface area contributed by atoms with Crippen molar-refractivity contribution in [3.05, 3.63) is 47.8 Å². The third kappa shape index (κ3) is 4.39. The third-order valence-electron chi connectivity index (χ3n) is 2.98. The van der Waals surface area contributed by atoms with Gasteiger partial charge in [0.2, 0.25) is 0 Å². The zero-order valence-electron chi connectivity index (χ0n) is 12.1. The molecule has 0 aliphatic rings. The molecule has 0 amide bonds. The van der Waals surface area contributed by atoms with E-state index in [0.717, 1.165) is 17.9 Å². The van der Waals surface area contributed by atoms with E-state index in [4.69, 9.17) is 12.2 Å². The van der Waals surface area contributed by atoms with Crippen molar-refractivity contribution in [2.45, 2.75) is 26.9 Å². The number of thiocarbonyl (C=S) groups is 1. The quantitative estimate of drug-likeness (QED) is 0.657. The second-order valence-corrected chi connectivity index (χ2v) is 5.02.